The Kier molecular flexibility index (Phi) is 48.1. The fraction of sp³-hybridized carbons (Fsp3) is 0.581. The van der Waals surface area contributed by atoms with E-state index in [0.29, 0.717) is 71.1 Å². The van der Waals surface area contributed by atoms with E-state index in [0.717, 1.165) is 256 Å². The molecule has 0 spiro atoms. The average Bonchev–Trinajstić information content (AvgIpc) is 1.81. The summed E-state index contributed by atoms with van der Waals surface area (Å²) in [6.45, 7) is 41.7. The van der Waals surface area contributed by atoms with Crippen LogP contribution in [0.5, 0.6) is 0 Å². The summed E-state index contributed by atoms with van der Waals surface area (Å²) in [5, 5.41) is 0. The van der Waals surface area contributed by atoms with Crippen LogP contribution < -0.4 is 0 Å². The molecule has 7 aromatic carbocycles. The molecular weight excluding hydrogens is 1620 g/mol. The van der Waals surface area contributed by atoms with E-state index in [4.69, 9.17) is 0 Å². The summed E-state index contributed by atoms with van der Waals surface area (Å²) in [5.74, 6) is 6.50. The quantitative estimate of drug-likeness (QED) is 0.0525. The van der Waals surface area contributed by atoms with Crippen LogP contribution in [0.15, 0.2) is 170 Å². The first-order valence-corrected chi connectivity index (χ1v) is 51.6. The lowest BCUT2D eigenvalue weighted by molar-refractivity contribution is -0.134. The van der Waals surface area contributed by atoms with Gasteiger partial charge in [0, 0.05) is 134 Å². The minimum absolute atomic E-state index is 0.183. The van der Waals surface area contributed by atoms with E-state index in [2.05, 4.69) is 230 Å². The Bertz CT molecular complexity index is 4500. The molecule has 7 aliphatic rings. The summed E-state index contributed by atoms with van der Waals surface area (Å²) in [7, 11) is 1.97. The summed E-state index contributed by atoms with van der Waals surface area (Å²) >= 11 is 0. The molecule has 0 radical (unpaired) electrons. The molecule has 6 saturated heterocycles. The molecule has 6 heterocycles. The zero-order valence-electron chi connectivity index (χ0n) is 84.1. The van der Waals surface area contributed by atoms with Gasteiger partial charge in [-0.15, -0.1) is 0 Å². The minimum Gasteiger partial charge on any atom is -0.339 e. The lowest BCUT2D eigenvalue weighted by atomic mass is 9.94. The van der Waals surface area contributed by atoms with E-state index in [1.807, 2.05) is 77.7 Å². The number of hydrogen-bond acceptors (Lipinski definition) is 7. The van der Waals surface area contributed by atoms with Crippen molar-refractivity contribution in [3.63, 3.8) is 0 Å². The van der Waals surface area contributed by atoms with Crippen LogP contribution in [-0.4, -0.2) is 141 Å². The molecule has 0 bridgehead atoms. The first kappa shape index (κ1) is 107. The predicted molar refractivity (Wildman–Crippen MR) is 544 cm³/mol. The van der Waals surface area contributed by atoms with Crippen LogP contribution >= 0.6 is 0 Å². The number of carbonyl (C=O) groups is 7. The van der Waals surface area contributed by atoms with Gasteiger partial charge in [-0.2, -0.15) is 0 Å². The van der Waals surface area contributed by atoms with E-state index < -0.39 is 0 Å². The van der Waals surface area contributed by atoms with Gasteiger partial charge in [-0.3, -0.25) is 33.6 Å². The molecule has 7 aromatic rings. The molecule has 0 atom stereocenters. The monoisotopic (exact) mass is 1790 g/mol. The SMILES string of the molecule is CC(C)Cc1ccc(CN2CCCCC2=O)cc1.CC(C)Cc1ccc(CN2CCCCCC2=O)cc1.CC(C)Cc1cccc(C(=O)N(C)C2CCCCC2)c1.CC(C)Cc1cccc(C(=O)N2CCCCC2)c1.CC(C)Cc1cccc(C(=O)N2CCCCCC2)c1.CC(C)Cc1cccc(CN2CCCCC2=O)c1.CC(C)Cc1cccc(CN2CCCCCC2=O)c1. The van der Waals surface area contributed by atoms with Crippen LogP contribution in [0.3, 0.4) is 0 Å². The van der Waals surface area contributed by atoms with Crippen molar-refractivity contribution in [1.82, 2.24) is 34.3 Å². The summed E-state index contributed by atoms with van der Waals surface area (Å²) in [6, 6.07) is 59.8. The number of rotatable bonds is 26. The van der Waals surface area contributed by atoms with E-state index in [1.165, 1.54) is 113 Å². The van der Waals surface area contributed by atoms with Gasteiger partial charge in [0.25, 0.3) is 17.7 Å². The first-order valence-electron chi connectivity index (χ1n) is 51.6. The molecule has 131 heavy (non-hydrogen) atoms. The Morgan fingerprint density at radius 3 is 0.817 bits per heavy atom. The van der Waals surface area contributed by atoms with Crippen molar-refractivity contribution in [2.45, 2.75) is 341 Å². The highest BCUT2D eigenvalue weighted by atomic mass is 16.2. The molecule has 14 nitrogen and oxygen atoms in total. The van der Waals surface area contributed by atoms with E-state index in [9.17, 15) is 33.6 Å². The van der Waals surface area contributed by atoms with Crippen LogP contribution in [0.4, 0.5) is 0 Å². The number of amides is 7. The Hall–Kier alpha value is -9.17. The fourth-order valence-electron chi connectivity index (χ4n) is 19.0. The van der Waals surface area contributed by atoms with Gasteiger partial charge in [-0.05, 0) is 280 Å². The second-order valence-electron chi connectivity index (χ2n) is 41.6. The fourth-order valence-corrected chi connectivity index (χ4v) is 19.0. The lowest BCUT2D eigenvalue weighted by Gasteiger charge is -2.31. The van der Waals surface area contributed by atoms with E-state index >= 15 is 0 Å². The van der Waals surface area contributed by atoms with Crippen molar-refractivity contribution in [1.29, 1.82) is 0 Å². The maximum atomic E-state index is 12.6. The second-order valence-corrected chi connectivity index (χ2v) is 41.6. The van der Waals surface area contributed by atoms with Gasteiger partial charge in [0.1, 0.15) is 0 Å². The lowest BCUT2D eigenvalue weighted by Crippen LogP contribution is -2.38. The molecule has 1 saturated carbocycles. The van der Waals surface area contributed by atoms with Crippen LogP contribution in [0.1, 0.15) is 356 Å². The molecule has 7 amide bonds. The molecular formula is C117H171N7O7. The third kappa shape index (κ3) is 41.1. The topological polar surface area (TPSA) is 142 Å². The average molecular weight is 1790 g/mol. The van der Waals surface area contributed by atoms with Crippen molar-refractivity contribution < 1.29 is 33.6 Å². The van der Waals surface area contributed by atoms with Gasteiger partial charge >= 0.3 is 0 Å². The van der Waals surface area contributed by atoms with Crippen molar-refractivity contribution in [3.8, 4) is 0 Å². The van der Waals surface area contributed by atoms with Crippen LogP contribution in [0.25, 0.3) is 0 Å². The Balaban J connectivity index is 0.000000188. The molecule has 7 fully saturated rings. The highest BCUT2D eigenvalue weighted by Gasteiger charge is 2.27. The van der Waals surface area contributed by atoms with Crippen molar-refractivity contribution in [2.24, 2.45) is 41.4 Å². The van der Waals surface area contributed by atoms with Crippen molar-refractivity contribution >= 4 is 41.4 Å². The molecule has 1 aliphatic carbocycles. The van der Waals surface area contributed by atoms with Gasteiger partial charge in [0.15, 0.2) is 0 Å². The molecule has 14 heteroatoms. The molecule has 6 aliphatic heterocycles. The summed E-state index contributed by atoms with van der Waals surface area (Å²) in [4.78, 5) is 99.0. The zero-order chi connectivity index (χ0) is 94.4. The van der Waals surface area contributed by atoms with Crippen molar-refractivity contribution in [3.05, 3.63) is 248 Å². The highest BCUT2D eigenvalue weighted by molar-refractivity contribution is 5.95. The minimum atomic E-state index is 0.183. The highest BCUT2D eigenvalue weighted by Crippen LogP contribution is 2.28. The van der Waals surface area contributed by atoms with Gasteiger partial charge in [0.05, 0.1) is 0 Å². The van der Waals surface area contributed by atoms with Gasteiger partial charge in [0.2, 0.25) is 23.6 Å². The third-order valence-corrected chi connectivity index (χ3v) is 25.7. The summed E-state index contributed by atoms with van der Waals surface area (Å²) < 4.78 is 0. The number of carbonyl (C=O) groups excluding carboxylic acids is 7. The molecule has 14 rings (SSSR count). The number of piperidine rings is 3. The Morgan fingerprint density at radius 1 is 0.260 bits per heavy atom. The third-order valence-electron chi connectivity index (χ3n) is 25.7. The van der Waals surface area contributed by atoms with Crippen LogP contribution in [0.2, 0.25) is 0 Å². The largest absolute Gasteiger partial charge is 0.339 e. The van der Waals surface area contributed by atoms with Crippen LogP contribution in [-0.2, 0) is 90.3 Å². The van der Waals surface area contributed by atoms with Gasteiger partial charge < -0.3 is 34.3 Å². The van der Waals surface area contributed by atoms with E-state index in [1.54, 1.807) is 0 Å². The summed E-state index contributed by atoms with van der Waals surface area (Å²) in [6.07, 6.45) is 36.3. The number of nitrogens with zero attached hydrogens (tertiary/aromatic N) is 7. The first-order chi connectivity index (χ1) is 63.0. The molecule has 0 aromatic heterocycles. The Morgan fingerprint density at radius 2 is 0.489 bits per heavy atom. The summed E-state index contributed by atoms with van der Waals surface area (Å²) in [5.41, 5.74) is 17.0. The number of benzene rings is 7. The smallest absolute Gasteiger partial charge is 0.253 e. The maximum Gasteiger partial charge on any atom is 0.253 e. The predicted octanol–water partition coefficient (Wildman–Crippen LogP) is 26.1. The second kappa shape index (κ2) is 58.8. The van der Waals surface area contributed by atoms with Gasteiger partial charge in [-0.1, -0.05) is 275 Å². The number of hydrogen-bond donors (Lipinski definition) is 0. The number of likely N-dealkylation sites (tertiary alicyclic amines) is 6. The van der Waals surface area contributed by atoms with Crippen LogP contribution in [0, 0.1) is 41.4 Å². The Labute approximate surface area is 794 Å². The normalized spacial score (nSPS) is 16.5. The molecule has 0 unspecified atom stereocenters. The van der Waals surface area contributed by atoms with E-state index in [-0.39, 0.29) is 17.7 Å². The standard InChI is InChI=1S/C18H27NO.3C17H25NO.3C16H23NO/c1-14(2)12-15-8-7-9-16(13-15)18(20)19(3)17-10-5-4-6-11-17;1-14(2)11-15-7-6-8-16(12-15)13-18-10-5-3-4-9-17(18)19;1-14(2)12-15-7-9-16(10-8-15)13-18-11-5-3-4-6-17(18)19;1-14(2)12-15-8-7-9-16(13-15)17(19)18-10-5-3-4-6-11-18;1-13(2)10-14-6-5-7-15(11-14)12-17-9-4-3-8-16(17)18;1-13(2)11-14-6-8-15(9-7-14)12-17-10-4-3-5-16(17)18;1-13(2)11-14-7-6-8-15(12-14)16(18)17-9-4-3-5-10-17/h7-9,13-14,17H,4-6,10-12H2,1-3H3;6-8,12,14H,3-5,9-11,13H2,1-2H3;7-10,14H,3-6,11-13H2,1-2H3;7-9,13-14H,3-6,10-12H2,1-2H3;5-7,11,13H,3-4,8-10,12H2,1-2H3;6-9,13H,3-5,10-12H2,1-2H3;6-8,12-13H,3-5,9-11H2,1-2H3. The van der Waals surface area contributed by atoms with Gasteiger partial charge in [-0.25, -0.2) is 0 Å². The molecule has 0 N–H and O–H groups in total. The van der Waals surface area contributed by atoms with Crippen molar-refractivity contribution in [2.75, 3.05) is 59.4 Å². The maximum absolute atomic E-state index is 12.6. The zero-order valence-corrected chi connectivity index (χ0v) is 84.1. The molecule has 716 valence electrons.